The number of alkyl halides is 3. The van der Waals surface area contributed by atoms with Crippen molar-refractivity contribution in [2.45, 2.75) is 38.2 Å². The molecule has 1 aromatic heterocycles. The Morgan fingerprint density at radius 1 is 1.03 bits per heavy atom. The van der Waals surface area contributed by atoms with E-state index in [0.29, 0.717) is 13.0 Å². The van der Waals surface area contributed by atoms with Crippen molar-refractivity contribution in [1.29, 1.82) is 0 Å². The molecule has 1 fully saturated rings. The lowest BCUT2D eigenvalue weighted by atomic mass is 10.2. The summed E-state index contributed by atoms with van der Waals surface area (Å²) >= 11 is 1.48. The molecule has 0 spiro atoms. The number of rotatable bonds is 9. The number of carbonyl (C=O) groups is 2. The summed E-state index contributed by atoms with van der Waals surface area (Å²) in [6, 6.07) is 13.2. The summed E-state index contributed by atoms with van der Waals surface area (Å²) < 4.78 is 58.5. The Labute approximate surface area is 221 Å². The van der Waals surface area contributed by atoms with Gasteiger partial charge in [-0.05, 0) is 60.2 Å². The summed E-state index contributed by atoms with van der Waals surface area (Å²) in [6.07, 6.45) is -3.32. The number of amides is 3. The topological polar surface area (TPSA) is 61.9 Å². The minimum absolute atomic E-state index is 0.0311. The fourth-order valence-electron chi connectivity index (χ4n) is 4.13. The van der Waals surface area contributed by atoms with Crippen molar-refractivity contribution in [3.63, 3.8) is 0 Å². The van der Waals surface area contributed by atoms with E-state index in [1.807, 2.05) is 17.5 Å². The Morgan fingerprint density at radius 2 is 1.82 bits per heavy atom. The van der Waals surface area contributed by atoms with Gasteiger partial charge in [0, 0.05) is 30.3 Å². The molecule has 1 atom stereocenters. The van der Waals surface area contributed by atoms with Crippen LogP contribution >= 0.6 is 11.3 Å². The van der Waals surface area contributed by atoms with E-state index in [1.165, 1.54) is 40.5 Å². The van der Waals surface area contributed by atoms with Gasteiger partial charge < -0.3 is 19.9 Å². The van der Waals surface area contributed by atoms with Crippen LogP contribution in [0.15, 0.2) is 66.0 Å². The normalized spacial score (nSPS) is 15.3. The van der Waals surface area contributed by atoms with Crippen LogP contribution in [-0.2, 0) is 28.8 Å². The minimum Gasteiger partial charge on any atom is -0.376 e. The van der Waals surface area contributed by atoms with Gasteiger partial charge in [-0.25, -0.2) is 9.18 Å². The van der Waals surface area contributed by atoms with Gasteiger partial charge in [0.15, 0.2) is 0 Å². The zero-order valence-corrected chi connectivity index (χ0v) is 21.2. The summed E-state index contributed by atoms with van der Waals surface area (Å²) in [5.41, 5.74) is -0.203. The maximum atomic E-state index is 13.5. The molecule has 6 nitrogen and oxygen atoms in total. The van der Waals surface area contributed by atoms with Gasteiger partial charge in [-0.3, -0.25) is 4.79 Å². The van der Waals surface area contributed by atoms with E-state index in [9.17, 15) is 27.2 Å². The molecule has 1 N–H and O–H groups in total. The van der Waals surface area contributed by atoms with Gasteiger partial charge in [0.1, 0.15) is 12.4 Å². The second-order valence-electron chi connectivity index (χ2n) is 8.98. The third-order valence-electron chi connectivity index (χ3n) is 6.07. The van der Waals surface area contributed by atoms with Crippen LogP contribution in [0.4, 0.5) is 28.0 Å². The number of nitrogens with zero attached hydrogens (tertiary/aromatic N) is 2. The number of hydrogen-bond donors (Lipinski definition) is 1. The van der Waals surface area contributed by atoms with E-state index in [0.717, 1.165) is 29.0 Å². The maximum absolute atomic E-state index is 13.5. The van der Waals surface area contributed by atoms with Crippen molar-refractivity contribution in [3.8, 4) is 0 Å². The highest BCUT2D eigenvalue weighted by Crippen LogP contribution is 2.30. The SMILES string of the molecule is O=C(CN(CC1CCCO1)C(=O)Nc1cccc(C(F)(F)F)c1)N(Cc1ccc(F)cc1)Cc1cccs1. The van der Waals surface area contributed by atoms with Gasteiger partial charge in [-0.15, -0.1) is 11.3 Å². The Morgan fingerprint density at radius 3 is 2.47 bits per heavy atom. The second-order valence-corrected chi connectivity index (χ2v) is 10.0. The molecule has 4 rings (SSSR count). The molecule has 0 radical (unpaired) electrons. The average molecular weight is 550 g/mol. The van der Waals surface area contributed by atoms with E-state index >= 15 is 0 Å². The molecule has 1 aliphatic rings. The Kier molecular flexibility index (Phi) is 9.01. The fourth-order valence-corrected chi connectivity index (χ4v) is 4.85. The largest absolute Gasteiger partial charge is 0.416 e. The lowest BCUT2D eigenvalue weighted by Crippen LogP contribution is -2.46. The van der Waals surface area contributed by atoms with Gasteiger partial charge >= 0.3 is 12.2 Å². The molecule has 3 aromatic rings. The molecule has 1 aliphatic heterocycles. The highest BCUT2D eigenvalue weighted by molar-refractivity contribution is 7.09. The summed E-state index contributed by atoms with van der Waals surface area (Å²) in [5.74, 6) is -0.751. The van der Waals surface area contributed by atoms with Crippen LogP contribution in [0.1, 0.15) is 28.8 Å². The highest BCUT2D eigenvalue weighted by atomic mass is 32.1. The summed E-state index contributed by atoms with van der Waals surface area (Å²) in [5, 5.41) is 4.39. The predicted molar refractivity (Wildman–Crippen MR) is 136 cm³/mol. The quantitative estimate of drug-likeness (QED) is 0.326. The van der Waals surface area contributed by atoms with Crippen molar-refractivity contribution >= 4 is 29.0 Å². The summed E-state index contributed by atoms with van der Waals surface area (Å²) in [6.45, 7) is 0.824. The van der Waals surface area contributed by atoms with Crippen molar-refractivity contribution < 1.29 is 31.9 Å². The fraction of sp³-hybridized carbons (Fsp3) is 0.333. The predicted octanol–water partition coefficient (Wildman–Crippen LogP) is 6.15. The zero-order chi connectivity index (χ0) is 27.1. The van der Waals surface area contributed by atoms with Gasteiger partial charge in [-0.1, -0.05) is 24.3 Å². The minimum atomic E-state index is -4.56. The molecular weight excluding hydrogens is 522 g/mol. The number of nitrogens with one attached hydrogen (secondary N) is 1. The third-order valence-corrected chi connectivity index (χ3v) is 6.93. The number of halogens is 4. The van der Waals surface area contributed by atoms with Crippen LogP contribution in [-0.4, -0.2) is 47.5 Å². The molecular formula is C27H27F4N3O3S. The molecule has 1 saturated heterocycles. The molecule has 3 amide bonds. The Hall–Kier alpha value is -3.44. The second kappa shape index (κ2) is 12.4. The van der Waals surface area contributed by atoms with Crippen LogP contribution in [0.3, 0.4) is 0 Å². The standard InChI is InChI=1S/C27H27F4N3O3S/c28-21-10-8-19(9-11-21)15-33(17-24-7-3-13-38-24)25(35)18-34(16-23-6-2-12-37-23)26(36)32-22-5-1-4-20(14-22)27(29,30)31/h1,3-5,7-11,13-14,23H,2,6,12,15-18H2,(H,32,36). The van der Waals surface area contributed by atoms with Crippen LogP contribution < -0.4 is 5.32 Å². The molecule has 2 heterocycles. The summed E-state index contributed by atoms with van der Waals surface area (Å²) in [4.78, 5) is 30.5. The van der Waals surface area contributed by atoms with Crippen LogP contribution in [0.25, 0.3) is 0 Å². The first-order chi connectivity index (χ1) is 18.2. The number of carbonyl (C=O) groups excluding carboxylic acids is 2. The third kappa shape index (κ3) is 7.78. The number of ether oxygens (including phenoxy) is 1. The van der Waals surface area contributed by atoms with Crippen LogP contribution in [0, 0.1) is 5.82 Å². The van der Waals surface area contributed by atoms with Crippen molar-refractivity contribution in [2.24, 2.45) is 0 Å². The smallest absolute Gasteiger partial charge is 0.376 e. The lowest BCUT2D eigenvalue weighted by molar-refractivity contribution is -0.137. The highest BCUT2D eigenvalue weighted by Gasteiger charge is 2.31. The van der Waals surface area contributed by atoms with Gasteiger partial charge in [0.25, 0.3) is 0 Å². The number of benzene rings is 2. The first-order valence-corrected chi connectivity index (χ1v) is 12.9. The lowest BCUT2D eigenvalue weighted by Gasteiger charge is -2.29. The molecule has 11 heteroatoms. The van der Waals surface area contributed by atoms with E-state index in [1.54, 1.807) is 17.0 Å². The van der Waals surface area contributed by atoms with E-state index < -0.39 is 17.8 Å². The van der Waals surface area contributed by atoms with Gasteiger partial charge in [-0.2, -0.15) is 13.2 Å². The molecule has 0 bridgehead atoms. The molecule has 0 aliphatic carbocycles. The maximum Gasteiger partial charge on any atom is 0.416 e. The first kappa shape index (κ1) is 27.6. The van der Waals surface area contributed by atoms with Crippen molar-refractivity contribution in [1.82, 2.24) is 9.80 Å². The number of thiophene rings is 1. The first-order valence-electron chi connectivity index (χ1n) is 12.1. The average Bonchev–Trinajstić information content (AvgIpc) is 3.59. The number of anilines is 1. The van der Waals surface area contributed by atoms with E-state index in [4.69, 9.17) is 4.74 Å². The molecule has 202 valence electrons. The van der Waals surface area contributed by atoms with E-state index in [-0.39, 0.29) is 49.7 Å². The molecule has 1 unspecified atom stereocenters. The summed E-state index contributed by atoms with van der Waals surface area (Å²) in [7, 11) is 0. The molecule has 38 heavy (non-hydrogen) atoms. The Bertz CT molecular complexity index is 1210. The van der Waals surface area contributed by atoms with Crippen molar-refractivity contribution in [3.05, 3.63) is 87.9 Å². The van der Waals surface area contributed by atoms with E-state index in [2.05, 4.69) is 5.32 Å². The van der Waals surface area contributed by atoms with Crippen LogP contribution in [0.2, 0.25) is 0 Å². The number of hydrogen-bond acceptors (Lipinski definition) is 4. The number of urea groups is 1. The zero-order valence-electron chi connectivity index (χ0n) is 20.4. The van der Waals surface area contributed by atoms with Gasteiger partial charge in [0.2, 0.25) is 5.91 Å². The Balaban J connectivity index is 1.52. The molecule has 0 saturated carbocycles. The van der Waals surface area contributed by atoms with Crippen LogP contribution in [0.5, 0.6) is 0 Å². The van der Waals surface area contributed by atoms with Gasteiger partial charge in [0.05, 0.1) is 18.2 Å². The van der Waals surface area contributed by atoms with Crippen molar-refractivity contribution in [2.75, 3.05) is 25.0 Å². The monoisotopic (exact) mass is 549 g/mol. The molecule has 2 aromatic carbocycles.